The Kier molecular flexibility index (Phi) is 11.3. The standard InChI is InChI=1S/C44H38BrN7O3/c1-3-4-24-39(47-30-46)51(29-40(53)54-2)28-31-25-26-38-37(27-31)41(45)42(55-38)35-22-14-15-23-36(35)43-48-50-52(49-43)44(32-16-8-5-9-17-32,33-18-10-6-11-19-33)34-20-12-7-13-21-34/h5-23,25-27H,3-4,24,28-29H2,1-2H3. The number of methoxy groups -OCH3 is 1. The van der Waals surface area contributed by atoms with Gasteiger partial charge in [-0.25, -0.2) is 0 Å². The summed E-state index contributed by atoms with van der Waals surface area (Å²) in [6.45, 7) is 2.38. The van der Waals surface area contributed by atoms with Gasteiger partial charge in [0.1, 0.15) is 23.7 Å². The van der Waals surface area contributed by atoms with Crippen LogP contribution in [-0.4, -0.2) is 50.6 Å². The van der Waals surface area contributed by atoms with Crippen molar-refractivity contribution in [3.05, 3.63) is 160 Å². The van der Waals surface area contributed by atoms with Gasteiger partial charge in [-0.1, -0.05) is 135 Å². The number of aromatic nitrogens is 4. The summed E-state index contributed by atoms with van der Waals surface area (Å²) < 4.78 is 12.3. The van der Waals surface area contributed by atoms with Crippen LogP contribution < -0.4 is 0 Å². The lowest BCUT2D eigenvalue weighted by molar-refractivity contribution is -0.141. The Balaban J connectivity index is 1.30. The summed E-state index contributed by atoms with van der Waals surface area (Å²) in [5.74, 6) is 1.18. The van der Waals surface area contributed by atoms with Gasteiger partial charge in [-0.2, -0.15) is 10.3 Å². The number of esters is 1. The maximum Gasteiger partial charge on any atom is 0.325 e. The molecule has 0 aliphatic carbocycles. The van der Waals surface area contributed by atoms with E-state index in [9.17, 15) is 10.1 Å². The number of fused-ring (bicyclic) bond motifs is 1. The maximum absolute atomic E-state index is 12.4. The minimum absolute atomic E-state index is 0.0300. The number of amidine groups is 1. The molecule has 0 radical (unpaired) electrons. The van der Waals surface area contributed by atoms with Crippen molar-refractivity contribution in [3.8, 4) is 28.9 Å². The Morgan fingerprint density at radius 3 is 2.07 bits per heavy atom. The van der Waals surface area contributed by atoms with Crippen molar-refractivity contribution in [2.24, 2.45) is 4.99 Å². The molecule has 55 heavy (non-hydrogen) atoms. The maximum atomic E-state index is 12.4. The van der Waals surface area contributed by atoms with Crippen molar-refractivity contribution < 1.29 is 13.9 Å². The molecule has 0 aliphatic rings. The Morgan fingerprint density at radius 2 is 1.49 bits per heavy atom. The highest BCUT2D eigenvalue weighted by atomic mass is 79.9. The van der Waals surface area contributed by atoms with Crippen LogP contribution in [0.2, 0.25) is 0 Å². The second-order valence-electron chi connectivity index (χ2n) is 13.0. The molecule has 2 heterocycles. The molecule has 11 heteroatoms. The van der Waals surface area contributed by atoms with Crippen LogP contribution in [0.25, 0.3) is 33.7 Å². The van der Waals surface area contributed by atoms with Gasteiger partial charge in [0.25, 0.3) is 0 Å². The smallest absolute Gasteiger partial charge is 0.325 e. The number of hydrogen-bond donors (Lipinski definition) is 0. The number of ether oxygens (including phenoxy) is 1. The number of nitrogens with zero attached hydrogens (tertiary/aromatic N) is 7. The number of carbonyl (C=O) groups excluding carboxylic acids is 1. The molecule has 0 unspecified atom stereocenters. The molecule has 7 aromatic rings. The minimum atomic E-state index is -0.920. The van der Waals surface area contributed by atoms with Crippen LogP contribution in [0, 0.1) is 11.5 Å². The first-order chi connectivity index (χ1) is 27.0. The van der Waals surface area contributed by atoms with E-state index in [-0.39, 0.29) is 6.54 Å². The van der Waals surface area contributed by atoms with Gasteiger partial charge in [0.15, 0.2) is 5.54 Å². The number of furan rings is 1. The molecule has 0 bridgehead atoms. The summed E-state index contributed by atoms with van der Waals surface area (Å²) in [5, 5.41) is 24.9. The molecule has 0 saturated heterocycles. The summed E-state index contributed by atoms with van der Waals surface area (Å²) in [5.41, 5.74) is 5.15. The van der Waals surface area contributed by atoms with Crippen molar-refractivity contribution in [2.75, 3.05) is 13.7 Å². The third-order valence-corrected chi connectivity index (χ3v) is 10.4. The number of unbranched alkanes of at least 4 members (excludes halogenated alkanes) is 1. The molecule has 0 atom stereocenters. The molecular weight excluding hydrogens is 754 g/mol. The molecule has 0 spiro atoms. The molecule has 274 valence electrons. The average Bonchev–Trinajstić information content (AvgIpc) is 3.85. The van der Waals surface area contributed by atoms with Gasteiger partial charge in [0.2, 0.25) is 12.0 Å². The van der Waals surface area contributed by atoms with E-state index in [0.717, 1.165) is 56.1 Å². The molecule has 0 N–H and O–H groups in total. The highest BCUT2D eigenvalue weighted by Crippen LogP contribution is 2.43. The molecule has 0 fully saturated rings. The number of hydrogen-bond acceptors (Lipinski definition) is 8. The van der Waals surface area contributed by atoms with E-state index in [1.807, 2.05) is 103 Å². The predicted molar refractivity (Wildman–Crippen MR) is 216 cm³/mol. The zero-order chi connectivity index (χ0) is 38.2. The lowest BCUT2D eigenvalue weighted by atomic mass is 9.77. The van der Waals surface area contributed by atoms with Gasteiger partial charge >= 0.3 is 5.97 Å². The van der Waals surface area contributed by atoms with Gasteiger partial charge in [-0.15, -0.1) is 15.0 Å². The van der Waals surface area contributed by atoms with E-state index >= 15 is 0 Å². The first-order valence-electron chi connectivity index (χ1n) is 18.0. The van der Waals surface area contributed by atoms with Gasteiger partial charge in [0, 0.05) is 29.5 Å². The van der Waals surface area contributed by atoms with Crippen LogP contribution in [0.15, 0.2) is 147 Å². The fraction of sp³-hybridized carbons (Fsp3) is 0.182. The molecule has 5 aromatic carbocycles. The fourth-order valence-corrected chi connectivity index (χ4v) is 7.57. The van der Waals surface area contributed by atoms with Crippen molar-refractivity contribution in [1.82, 2.24) is 25.1 Å². The molecule has 7 rings (SSSR count). The number of aliphatic imine (C=N–C) groups is 1. The summed E-state index contributed by atoms with van der Waals surface area (Å²) in [6.07, 6.45) is 4.23. The van der Waals surface area contributed by atoms with E-state index < -0.39 is 11.5 Å². The van der Waals surface area contributed by atoms with E-state index in [2.05, 4.69) is 64.2 Å². The first kappa shape index (κ1) is 37.0. The van der Waals surface area contributed by atoms with Gasteiger partial charge in [-0.3, -0.25) is 4.79 Å². The lowest BCUT2D eigenvalue weighted by Gasteiger charge is -2.34. The van der Waals surface area contributed by atoms with Gasteiger partial charge < -0.3 is 14.1 Å². The number of halogens is 1. The van der Waals surface area contributed by atoms with Crippen LogP contribution in [0.1, 0.15) is 48.4 Å². The van der Waals surface area contributed by atoms with Crippen molar-refractivity contribution in [1.29, 1.82) is 5.26 Å². The Bertz CT molecular complexity index is 2380. The number of tetrazole rings is 1. The van der Waals surface area contributed by atoms with Crippen LogP contribution >= 0.6 is 15.9 Å². The predicted octanol–water partition coefficient (Wildman–Crippen LogP) is 9.40. The quantitative estimate of drug-likeness (QED) is 0.0372. The van der Waals surface area contributed by atoms with Crippen molar-refractivity contribution in [2.45, 2.75) is 38.3 Å². The first-order valence-corrected chi connectivity index (χ1v) is 18.8. The highest BCUT2D eigenvalue weighted by molar-refractivity contribution is 9.10. The van der Waals surface area contributed by atoms with Crippen LogP contribution in [0.5, 0.6) is 0 Å². The summed E-state index contributed by atoms with van der Waals surface area (Å²) >= 11 is 3.85. The topological polar surface area (TPSA) is 122 Å². The third-order valence-electron chi connectivity index (χ3n) is 9.61. The average molecular weight is 793 g/mol. The number of nitriles is 1. The third kappa shape index (κ3) is 7.41. The highest BCUT2D eigenvalue weighted by Gasteiger charge is 2.41. The molecule has 0 amide bonds. The second-order valence-corrected chi connectivity index (χ2v) is 13.8. The Hall–Kier alpha value is -6.38. The van der Waals surface area contributed by atoms with E-state index in [4.69, 9.17) is 24.6 Å². The summed E-state index contributed by atoms with van der Waals surface area (Å²) in [6, 6.07) is 44.4. The van der Waals surface area contributed by atoms with Crippen LogP contribution in [0.4, 0.5) is 0 Å². The SMILES string of the molecule is CCCCC(=NC#N)N(CC(=O)OC)Cc1ccc2oc(-c3ccccc3-c3nnn(C(c4ccccc4)(c4ccccc4)c4ccccc4)n3)c(Br)c2c1. The molecule has 0 saturated carbocycles. The second kappa shape index (κ2) is 16.7. The van der Waals surface area contributed by atoms with E-state index in [1.54, 1.807) is 9.70 Å². The van der Waals surface area contributed by atoms with Crippen LogP contribution in [-0.2, 0) is 21.6 Å². The Morgan fingerprint density at radius 1 is 0.891 bits per heavy atom. The Labute approximate surface area is 327 Å². The summed E-state index contributed by atoms with van der Waals surface area (Å²) in [7, 11) is 1.35. The number of rotatable bonds is 13. The van der Waals surface area contributed by atoms with E-state index in [0.29, 0.717) is 36.0 Å². The zero-order valence-corrected chi connectivity index (χ0v) is 32.1. The molecule has 2 aromatic heterocycles. The largest absolute Gasteiger partial charge is 0.468 e. The minimum Gasteiger partial charge on any atom is -0.468 e. The van der Waals surface area contributed by atoms with Gasteiger partial charge in [0.05, 0.1) is 11.6 Å². The lowest BCUT2D eigenvalue weighted by Crippen LogP contribution is -2.39. The van der Waals surface area contributed by atoms with Crippen molar-refractivity contribution >= 4 is 38.7 Å². The zero-order valence-electron chi connectivity index (χ0n) is 30.5. The summed E-state index contributed by atoms with van der Waals surface area (Å²) in [4.78, 5) is 20.0. The molecule has 10 nitrogen and oxygen atoms in total. The molecular formula is C44H38BrN7O3. The monoisotopic (exact) mass is 791 g/mol. The molecule has 0 aliphatic heterocycles. The fourth-order valence-electron chi connectivity index (χ4n) is 6.97. The van der Waals surface area contributed by atoms with Crippen molar-refractivity contribution in [3.63, 3.8) is 0 Å². The number of benzene rings is 5. The van der Waals surface area contributed by atoms with Crippen LogP contribution in [0.3, 0.4) is 0 Å². The number of carbonyl (C=O) groups is 1. The normalized spacial score (nSPS) is 11.7. The van der Waals surface area contributed by atoms with E-state index in [1.165, 1.54) is 7.11 Å². The van der Waals surface area contributed by atoms with Gasteiger partial charge in [-0.05, 0) is 62.0 Å².